The Morgan fingerprint density at radius 2 is 2.00 bits per heavy atom. The summed E-state index contributed by atoms with van der Waals surface area (Å²) in [6, 6.07) is 0. The Morgan fingerprint density at radius 3 is 2.47 bits per heavy atom. The molecule has 0 saturated heterocycles. The number of nitrogens with one attached hydrogen (secondary N) is 1. The molecule has 0 heterocycles. The Labute approximate surface area is 112 Å². The van der Waals surface area contributed by atoms with Crippen LogP contribution in [0.3, 0.4) is 0 Å². The van der Waals surface area contributed by atoms with Crippen molar-refractivity contribution in [3.05, 3.63) is 0 Å². The van der Waals surface area contributed by atoms with Crippen LogP contribution in [0.15, 0.2) is 0 Å². The van der Waals surface area contributed by atoms with Crippen molar-refractivity contribution < 1.29 is 5.11 Å². The standard InChI is InChI=1S/C14H31NOS/c1-5-9-15-14(6-2,12-16)8-7-10-17-11-13(3)4/h13,15-16H,5-12H2,1-4H3. The minimum atomic E-state index is -0.0333. The molecule has 0 amide bonds. The van der Waals surface area contributed by atoms with Gasteiger partial charge in [0.25, 0.3) is 0 Å². The van der Waals surface area contributed by atoms with Crippen LogP contribution in [0.1, 0.15) is 53.4 Å². The van der Waals surface area contributed by atoms with E-state index < -0.39 is 0 Å². The topological polar surface area (TPSA) is 32.3 Å². The lowest BCUT2D eigenvalue weighted by Gasteiger charge is -2.32. The molecular formula is C14H31NOS. The first-order valence-corrected chi connectivity index (χ1v) is 8.19. The highest BCUT2D eigenvalue weighted by Crippen LogP contribution is 2.19. The largest absolute Gasteiger partial charge is 0.394 e. The molecule has 0 saturated carbocycles. The fourth-order valence-electron chi connectivity index (χ4n) is 1.86. The van der Waals surface area contributed by atoms with E-state index in [2.05, 4.69) is 33.0 Å². The van der Waals surface area contributed by atoms with E-state index in [4.69, 9.17) is 0 Å². The van der Waals surface area contributed by atoms with Gasteiger partial charge in [-0.15, -0.1) is 0 Å². The fourth-order valence-corrected chi connectivity index (χ4v) is 2.85. The maximum absolute atomic E-state index is 9.58. The molecule has 0 aromatic heterocycles. The van der Waals surface area contributed by atoms with Crippen molar-refractivity contribution in [2.45, 2.75) is 58.9 Å². The Kier molecular flexibility index (Phi) is 10.4. The molecule has 0 aliphatic rings. The van der Waals surface area contributed by atoms with Gasteiger partial charge in [-0.25, -0.2) is 0 Å². The third kappa shape index (κ3) is 8.06. The zero-order chi connectivity index (χ0) is 13.1. The lowest BCUT2D eigenvalue weighted by atomic mass is 9.91. The van der Waals surface area contributed by atoms with Crippen LogP contribution in [0.2, 0.25) is 0 Å². The normalized spacial score (nSPS) is 15.2. The van der Waals surface area contributed by atoms with Gasteiger partial charge in [-0.3, -0.25) is 0 Å². The maximum Gasteiger partial charge on any atom is 0.0613 e. The Hall–Kier alpha value is 0.270. The van der Waals surface area contributed by atoms with Gasteiger partial charge >= 0.3 is 0 Å². The molecule has 17 heavy (non-hydrogen) atoms. The number of aliphatic hydroxyl groups is 1. The van der Waals surface area contributed by atoms with Crippen molar-refractivity contribution in [3.63, 3.8) is 0 Å². The van der Waals surface area contributed by atoms with Gasteiger partial charge in [-0.1, -0.05) is 27.7 Å². The smallest absolute Gasteiger partial charge is 0.0613 e. The van der Waals surface area contributed by atoms with Gasteiger partial charge in [-0.2, -0.15) is 11.8 Å². The van der Waals surface area contributed by atoms with Gasteiger partial charge in [0.05, 0.1) is 6.61 Å². The molecule has 0 rings (SSSR count). The van der Waals surface area contributed by atoms with Crippen LogP contribution in [0.5, 0.6) is 0 Å². The molecule has 0 bridgehead atoms. The van der Waals surface area contributed by atoms with Crippen molar-refractivity contribution in [1.29, 1.82) is 0 Å². The quantitative estimate of drug-likeness (QED) is 0.560. The number of hydrogen-bond donors (Lipinski definition) is 2. The highest BCUT2D eigenvalue weighted by Gasteiger charge is 2.25. The van der Waals surface area contributed by atoms with Crippen molar-refractivity contribution in [1.82, 2.24) is 5.32 Å². The van der Waals surface area contributed by atoms with Gasteiger partial charge in [0.1, 0.15) is 0 Å². The van der Waals surface area contributed by atoms with Crippen molar-refractivity contribution in [2.24, 2.45) is 5.92 Å². The molecule has 0 aromatic carbocycles. The Balaban J connectivity index is 3.83. The molecule has 2 N–H and O–H groups in total. The monoisotopic (exact) mass is 261 g/mol. The van der Waals surface area contributed by atoms with E-state index in [1.165, 1.54) is 17.9 Å². The van der Waals surface area contributed by atoms with Crippen molar-refractivity contribution in [2.75, 3.05) is 24.7 Å². The SMILES string of the molecule is CCCNC(CC)(CO)CCCSCC(C)C. The van der Waals surface area contributed by atoms with Gasteiger partial charge in [0, 0.05) is 5.54 Å². The summed E-state index contributed by atoms with van der Waals surface area (Å²) in [7, 11) is 0. The van der Waals surface area contributed by atoms with Crippen LogP contribution in [0, 0.1) is 5.92 Å². The van der Waals surface area contributed by atoms with Crippen molar-refractivity contribution >= 4 is 11.8 Å². The molecule has 2 nitrogen and oxygen atoms in total. The second-order valence-corrected chi connectivity index (χ2v) is 6.44. The first-order valence-electron chi connectivity index (χ1n) is 7.03. The van der Waals surface area contributed by atoms with E-state index in [-0.39, 0.29) is 12.1 Å². The fraction of sp³-hybridized carbons (Fsp3) is 1.00. The lowest BCUT2D eigenvalue weighted by Crippen LogP contribution is -2.48. The van der Waals surface area contributed by atoms with Crippen molar-refractivity contribution in [3.8, 4) is 0 Å². The van der Waals surface area contributed by atoms with E-state index in [0.29, 0.717) is 0 Å². The van der Waals surface area contributed by atoms with E-state index in [1.807, 2.05) is 11.8 Å². The number of hydrogen-bond acceptors (Lipinski definition) is 3. The Bertz CT molecular complexity index is 170. The molecule has 0 aromatic rings. The summed E-state index contributed by atoms with van der Waals surface area (Å²) in [6.45, 7) is 10.1. The van der Waals surface area contributed by atoms with Crippen LogP contribution in [0.4, 0.5) is 0 Å². The first kappa shape index (κ1) is 17.3. The second kappa shape index (κ2) is 10.2. The number of rotatable bonds is 11. The molecule has 104 valence electrons. The van der Waals surface area contributed by atoms with Crippen LogP contribution < -0.4 is 5.32 Å². The lowest BCUT2D eigenvalue weighted by molar-refractivity contribution is 0.146. The third-order valence-electron chi connectivity index (χ3n) is 3.12. The third-order valence-corrected chi connectivity index (χ3v) is 4.60. The summed E-state index contributed by atoms with van der Waals surface area (Å²) >= 11 is 2.04. The molecule has 1 unspecified atom stereocenters. The molecule has 0 aliphatic heterocycles. The van der Waals surface area contributed by atoms with Crippen LogP contribution in [0.25, 0.3) is 0 Å². The van der Waals surface area contributed by atoms with Gasteiger partial charge in [0.2, 0.25) is 0 Å². The van der Waals surface area contributed by atoms with Crippen LogP contribution in [-0.2, 0) is 0 Å². The van der Waals surface area contributed by atoms with E-state index in [0.717, 1.165) is 31.7 Å². The van der Waals surface area contributed by atoms with Gasteiger partial charge in [0.15, 0.2) is 0 Å². The van der Waals surface area contributed by atoms with Gasteiger partial charge in [-0.05, 0) is 49.7 Å². The minimum Gasteiger partial charge on any atom is -0.394 e. The molecule has 0 radical (unpaired) electrons. The molecular weight excluding hydrogens is 230 g/mol. The van der Waals surface area contributed by atoms with Crippen LogP contribution in [-0.4, -0.2) is 35.3 Å². The highest BCUT2D eigenvalue weighted by molar-refractivity contribution is 7.99. The number of aliphatic hydroxyl groups excluding tert-OH is 1. The molecule has 0 fully saturated rings. The summed E-state index contributed by atoms with van der Waals surface area (Å²) in [5, 5.41) is 13.1. The van der Waals surface area contributed by atoms with E-state index >= 15 is 0 Å². The average molecular weight is 261 g/mol. The summed E-state index contributed by atoms with van der Waals surface area (Å²) in [5.41, 5.74) is -0.0333. The minimum absolute atomic E-state index is 0.0333. The molecule has 3 heteroatoms. The predicted molar refractivity (Wildman–Crippen MR) is 79.8 cm³/mol. The summed E-state index contributed by atoms with van der Waals surface area (Å²) in [5.74, 6) is 3.25. The zero-order valence-electron chi connectivity index (χ0n) is 12.1. The first-order chi connectivity index (χ1) is 8.10. The van der Waals surface area contributed by atoms with Crippen LogP contribution >= 0.6 is 11.8 Å². The van der Waals surface area contributed by atoms with E-state index in [9.17, 15) is 5.11 Å². The predicted octanol–water partition coefficient (Wildman–Crippen LogP) is 3.30. The van der Waals surface area contributed by atoms with Gasteiger partial charge < -0.3 is 10.4 Å². The average Bonchev–Trinajstić information content (AvgIpc) is 2.33. The summed E-state index contributed by atoms with van der Waals surface area (Å²) in [4.78, 5) is 0. The molecule has 1 atom stereocenters. The van der Waals surface area contributed by atoms with E-state index in [1.54, 1.807) is 0 Å². The Morgan fingerprint density at radius 1 is 1.29 bits per heavy atom. The summed E-state index contributed by atoms with van der Waals surface area (Å²) in [6.07, 6.45) is 4.43. The number of thioether (sulfide) groups is 1. The zero-order valence-corrected chi connectivity index (χ0v) is 12.9. The molecule has 0 spiro atoms. The molecule has 0 aliphatic carbocycles. The summed E-state index contributed by atoms with van der Waals surface area (Å²) < 4.78 is 0. The highest BCUT2D eigenvalue weighted by atomic mass is 32.2. The second-order valence-electron chi connectivity index (χ2n) is 5.29. The maximum atomic E-state index is 9.58.